The number of benzene rings is 2. The van der Waals surface area contributed by atoms with E-state index in [4.69, 9.17) is 5.26 Å². The first-order valence-electron chi connectivity index (χ1n) is 6.35. The molecule has 1 nitrogen and oxygen atoms in total. The molecule has 0 amide bonds. The highest BCUT2D eigenvalue weighted by Gasteiger charge is 2.72. The van der Waals surface area contributed by atoms with E-state index in [0.717, 1.165) is 24.3 Å². The van der Waals surface area contributed by atoms with E-state index >= 15 is 0 Å². The fourth-order valence-corrected chi connectivity index (χ4v) is 2.05. The lowest BCUT2D eigenvalue weighted by Gasteiger charge is -2.33. The summed E-state index contributed by atoms with van der Waals surface area (Å²) >= 11 is 0. The van der Waals surface area contributed by atoms with Gasteiger partial charge in [-0.25, -0.2) is 0 Å². The Bertz CT molecular complexity index is 734. The van der Waals surface area contributed by atoms with Gasteiger partial charge in [-0.3, -0.25) is 0 Å². The molecular formula is C16H9F6N. The van der Waals surface area contributed by atoms with Gasteiger partial charge in [-0.1, -0.05) is 48.5 Å². The lowest BCUT2D eigenvalue weighted by molar-refractivity contribution is -0.321. The lowest BCUT2D eigenvalue weighted by atomic mass is 9.90. The van der Waals surface area contributed by atoms with Crippen molar-refractivity contribution in [3.05, 3.63) is 71.3 Å². The third-order valence-electron chi connectivity index (χ3n) is 3.31. The fourth-order valence-electron chi connectivity index (χ4n) is 2.05. The second-order valence-electron chi connectivity index (χ2n) is 4.75. The highest BCUT2D eigenvalue weighted by Crippen LogP contribution is 2.55. The summed E-state index contributed by atoms with van der Waals surface area (Å²) in [6, 6.07) is 9.50. The molecule has 0 fully saturated rings. The maximum atomic E-state index is 14.2. The molecule has 0 aliphatic heterocycles. The van der Waals surface area contributed by atoms with Crippen molar-refractivity contribution >= 4 is 0 Å². The number of rotatable bonds is 4. The summed E-state index contributed by atoms with van der Waals surface area (Å²) in [5, 5.41) is 8.75. The first-order chi connectivity index (χ1) is 10.7. The summed E-state index contributed by atoms with van der Waals surface area (Å²) in [6.45, 7) is 0. The number of alkyl halides is 6. The SMILES string of the molecule is N#Cc1ccccc1C(F)(F)C(F)(F)C(F)(F)c1ccccc1. The zero-order valence-electron chi connectivity index (χ0n) is 11.4. The maximum absolute atomic E-state index is 14.2. The van der Waals surface area contributed by atoms with Gasteiger partial charge in [0, 0.05) is 11.1 Å². The van der Waals surface area contributed by atoms with Crippen LogP contribution in [0, 0.1) is 11.3 Å². The maximum Gasteiger partial charge on any atom is 0.380 e. The standard InChI is InChI=1S/C16H9F6N/c17-14(18,12-7-2-1-3-8-12)16(21,22)15(19,20)13-9-5-4-6-11(13)10-23/h1-9H. The van der Waals surface area contributed by atoms with E-state index in [1.807, 2.05) is 0 Å². The molecule has 0 radical (unpaired) electrons. The third kappa shape index (κ3) is 2.54. The molecule has 0 unspecified atom stereocenters. The zero-order valence-corrected chi connectivity index (χ0v) is 11.4. The van der Waals surface area contributed by atoms with Crippen LogP contribution in [0.25, 0.3) is 0 Å². The normalized spacial score (nSPS) is 12.7. The van der Waals surface area contributed by atoms with Crippen LogP contribution < -0.4 is 0 Å². The smallest absolute Gasteiger partial charge is 0.194 e. The summed E-state index contributed by atoms with van der Waals surface area (Å²) in [5.74, 6) is -16.1. The number of hydrogen-bond acceptors (Lipinski definition) is 1. The first kappa shape index (κ1) is 16.9. The van der Waals surface area contributed by atoms with Crippen molar-refractivity contribution in [1.29, 1.82) is 5.26 Å². The van der Waals surface area contributed by atoms with Crippen molar-refractivity contribution in [2.24, 2.45) is 0 Å². The van der Waals surface area contributed by atoms with Gasteiger partial charge in [0.25, 0.3) is 0 Å². The van der Waals surface area contributed by atoms with E-state index in [1.165, 1.54) is 18.2 Å². The molecule has 2 rings (SSSR count). The second-order valence-corrected chi connectivity index (χ2v) is 4.75. The first-order valence-corrected chi connectivity index (χ1v) is 6.35. The average Bonchev–Trinajstić information content (AvgIpc) is 2.55. The van der Waals surface area contributed by atoms with Gasteiger partial charge in [0.1, 0.15) is 0 Å². The van der Waals surface area contributed by atoms with Crippen LogP contribution in [0.3, 0.4) is 0 Å². The summed E-state index contributed by atoms with van der Waals surface area (Å²) in [5.41, 5.74) is -3.47. The molecule has 0 heterocycles. The third-order valence-corrected chi connectivity index (χ3v) is 3.31. The fraction of sp³-hybridized carbons (Fsp3) is 0.188. The average molecular weight is 329 g/mol. The summed E-state index contributed by atoms with van der Waals surface area (Å²) in [6.07, 6.45) is 0. The Morgan fingerprint density at radius 3 is 1.78 bits per heavy atom. The van der Waals surface area contributed by atoms with Crippen molar-refractivity contribution < 1.29 is 26.3 Å². The molecule has 120 valence electrons. The molecule has 7 heteroatoms. The van der Waals surface area contributed by atoms with Gasteiger partial charge in [0.2, 0.25) is 0 Å². The summed E-state index contributed by atoms with van der Waals surface area (Å²) in [7, 11) is 0. The largest absolute Gasteiger partial charge is 0.380 e. The number of nitriles is 1. The van der Waals surface area contributed by atoms with Crippen molar-refractivity contribution in [3.8, 4) is 6.07 Å². The minimum atomic E-state index is -5.73. The Labute approximate surface area is 127 Å². The molecule has 0 atom stereocenters. The van der Waals surface area contributed by atoms with Crippen molar-refractivity contribution in [1.82, 2.24) is 0 Å². The number of halogens is 6. The molecule has 0 bridgehead atoms. The van der Waals surface area contributed by atoms with Crippen LogP contribution in [0.5, 0.6) is 0 Å². The zero-order chi connectivity index (χ0) is 17.3. The minimum Gasteiger partial charge on any atom is -0.194 e. The van der Waals surface area contributed by atoms with Gasteiger partial charge in [-0.05, 0) is 6.07 Å². The van der Waals surface area contributed by atoms with Crippen LogP contribution >= 0.6 is 0 Å². The topological polar surface area (TPSA) is 23.8 Å². The number of nitrogens with zero attached hydrogens (tertiary/aromatic N) is 1. The van der Waals surface area contributed by atoms with Crippen LogP contribution in [0.1, 0.15) is 16.7 Å². The van der Waals surface area contributed by atoms with Gasteiger partial charge < -0.3 is 0 Å². The minimum absolute atomic E-state index is 0.535. The molecule has 0 aromatic heterocycles. The van der Waals surface area contributed by atoms with Gasteiger partial charge >= 0.3 is 17.8 Å². The molecule has 2 aromatic rings. The van der Waals surface area contributed by atoms with Crippen LogP contribution in [0.2, 0.25) is 0 Å². The molecule has 0 saturated carbocycles. The predicted octanol–water partition coefficient (Wildman–Crippen LogP) is 5.08. The van der Waals surface area contributed by atoms with Gasteiger partial charge in [0.15, 0.2) is 0 Å². The van der Waals surface area contributed by atoms with Crippen molar-refractivity contribution in [2.45, 2.75) is 17.8 Å². The monoisotopic (exact) mass is 329 g/mol. The summed E-state index contributed by atoms with van der Waals surface area (Å²) in [4.78, 5) is 0. The van der Waals surface area contributed by atoms with Crippen molar-refractivity contribution in [2.75, 3.05) is 0 Å². The Hall–Kier alpha value is -2.49. The van der Waals surface area contributed by atoms with E-state index in [-0.39, 0.29) is 0 Å². The Morgan fingerprint density at radius 2 is 1.22 bits per heavy atom. The molecule has 0 saturated heterocycles. The Kier molecular flexibility index (Phi) is 4.12. The second kappa shape index (κ2) is 5.61. The Balaban J connectivity index is 2.59. The van der Waals surface area contributed by atoms with Crippen molar-refractivity contribution in [3.63, 3.8) is 0 Å². The lowest BCUT2D eigenvalue weighted by Crippen LogP contribution is -2.50. The van der Waals surface area contributed by atoms with E-state index in [9.17, 15) is 26.3 Å². The van der Waals surface area contributed by atoms with Gasteiger partial charge in [-0.15, -0.1) is 0 Å². The molecular weight excluding hydrogens is 320 g/mol. The van der Waals surface area contributed by atoms with E-state index in [2.05, 4.69) is 0 Å². The highest BCUT2D eigenvalue weighted by atomic mass is 19.3. The quantitative estimate of drug-likeness (QED) is 0.718. The number of hydrogen-bond donors (Lipinski definition) is 0. The van der Waals surface area contributed by atoms with Gasteiger partial charge in [-0.2, -0.15) is 31.6 Å². The van der Waals surface area contributed by atoms with Crippen LogP contribution in [0.4, 0.5) is 26.3 Å². The highest BCUT2D eigenvalue weighted by molar-refractivity contribution is 5.42. The molecule has 0 spiro atoms. The molecule has 2 aromatic carbocycles. The predicted molar refractivity (Wildman–Crippen MR) is 70.3 cm³/mol. The van der Waals surface area contributed by atoms with E-state index < -0.39 is 34.5 Å². The van der Waals surface area contributed by atoms with Crippen LogP contribution in [0.15, 0.2) is 54.6 Å². The molecule has 23 heavy (non-hydrogen) atoms. The van der Waals surface area contributed by atoms with Crippen LogP contribution in [-0.4, -0.2) is 5.92 Å². The van der Waals surface area contributed by atoms with E-state index in [1.54, 1.807) is 0 Å². The van der Waals surface area contributed by atoms with E-state index in [0.29, 0.717) is 18.2 Å². The molecule has 0 N–H and O–H groups in total. The van der Waals surface area contributed by atoms with Gasteiger partial charge in [0.05, 0.1) is 11.6 Å². The summed E-state index contributed by atoms with van der Waals surface area (Å²) < 4.78 is 84.6. The van der Waals surface area contributed by atoms with Crippen LogP contribution in [-0.2, 0) is 11.8 Å². The Morgan fingerprint density at radius 1 is 0.696 bits per heavy atom. The molecule has 0 aliphatic carbocycles. The molecule has 0 aliphatic rings.